The van der Waals surface area contributed by atoms with E-state index in [1.807, 2.05) is 27.7 Å². The Kier molecular flexibility index (Phi) is 11.4. The van der Waals surface area contributed by atoms with Gasteiger partial charge in [-0.3, -0.25) is 0 Å². The van der Waals surface area contributed by atoms with Crippen molar-refractivity contribution in [2.45, 2.75) is 41.0 Å². The molecule has 0 atom stereocenters. The number of hydrogen-bond acceptors (Lipinski definition) is 2. The summed E-state index contributed by atoms with van der Waals surface area (Å²) in [6.45, 7) is 16.3. The topological polar surface area (TPSA) is 6.48 Å². The van der Waals surface area contributed by atoms with Crippen molar-refractivity contribution >= 4 is 0 Å². The molecular formula is C18H34N2. The molecule has 2 nitrogen and oxygen atoms in total. The minimum atomic E-state index is 1.19. The molecular weight excluding hydrogens is 244 g/mol. The lowest BCUT2D eigenvalue weighted by Gasteiger charge is -2.32. The fourth-order valence-electron chi connectivity index (χ4n) is 2.23. The number of aryl methyl sites for hydroxylation is 1. The smallest absolute Gasteiger partial charge is 0.0110 e. The number of nitrogens with zero attached hydrogens (tertiary/aromatic N) is 2. The summed E-state index contributed by atoms with van der Waals surface area (Å²) in [5, 5.41) is 0. The van der Waals surface area contributed by atoms with Gasteiger partial charge in [-0.2, -0.15) is 0 Å². The Balaban J connectivity index is 0.000000829. The first kappa shape index (κ1) is 19.1. The highest BCUT2D eigenvalue weighted by Crippen LogP contribution is 2.07. The molecule has 2 rings (SSSR count). The quantitative estimate of drug-likeness (QED) is 0.829. The summed E-state index contributed by atoms with van der Waals surface area (Å²) in [5.41, 5.74) is 2.84. The normalized spacial score (nSPS) is 15.7. The first-order valence-corrected chi connectivity index (χ1v) is 8.20. The number of rotatable bonds is 3. The summed E-state index contributed by atoms with van der Waals surface area (Å²) in [4.78, 5) is 4.98. The van der Waals surface area contributed by atoms with Gasteiger partial charge >= 0.3 is 0 Å². The van der Waals surface area contributed by atoms with Gasteiger partial charge in [-0.25, -0.2) is 0 Å². The zero-order valence-electron chi connectivity index (χ0n) is 14.4. The zero-order chi connectivity index (χ0) is 15.4. The van der Waals surface area contributed by atoms with Crippen molar-refractivity contribution in [2.75, 3.05) is 39.8 Å². The molecule has 2 heteroatoms. The van der Waals surface area contributed by atoms with Crippen molar-refractivity contribution in [3.63, 3.8) is 0 Å². The van der Waals surface area contributed by atoms with E-state index in [1.54, 1.807) is 0 Å². The molecule has 0 radical (unpaired) electrons. The van der Waals surface area contributed by atoms with Crippen LogP contribution < -0.4 is 0 Å². The SMILES string of the molecule is CC.CC.Cc1cccc(CCN2CCN(C)CC2)c1. The largest absolute Gasteiger partial charge is 0.304 e. The fourth-order valence-corrected chi connectivity index (χ4v) is 2.23. The second-order valence-electron chi connectivity index (χ2n) is 4.88. The lowest BCUT2D eigenvalue weighted by atomic mass is 10.1. The van der Waals surface area contributed by atoms with Crippen LogP contribution in [0.3, 0.4) is 0 Å². The maximum absolute atomic E-state index is 2.57. The van der Waals surface area contributed by atoms with E-state index >= 15 is 0 Å². The van der Waals surface area contributed by atoms with Crippen molar-refractivity contribution in [1.82, 2.24) is 9.80 Å². The zero-order valence-corrected chi connectivity index (χ0v) is 14.4. The summed E-state index contributed by atoms with van der Waals surface area (Å²) >= 11 is 0. The Labute approximate surface area is 126 Å². The molecule has 0 bridgehead atoms. The molecule has 1 heterocycles. The lowest BCUT2D eigenvalue weighted by Crippen LogP contribution is -2.45. The molecule has 0 aliphatic carbocycles. The highest BCUT2D eigenvalue weighted by Gasteiger charge is 2.12. The second kappa shape index (κ2) is 11.9. The lowest BCUT2D eigenvalue weighted by molar-refractivity contribution is 0.155. The first-order valence-electron chi connectivity index (χ1n) is 8.20. The first-order chi connectivity index (χ1) is 9.74. The molecule has 0 saturated carbocycles. The molecule has 0 amide bonds. The second-order valence-corrected chi connectivity index (χ2v) is 4.88. The van der Waals surface area contributed by atoms with Crippen LogP contribution in [0, 0.1) is 6.92 Å². The molecule has 0 aromatic heterocycles. The van der Waals surface area contributed by atoms with Gasteiger partial charge in [0.05, 0.1) is 0 Å². The molecule has 0 unspecified atom stereocenters. The van der Waals surface area contributed by atoms with Crippen LogP contribution in [0.4, 0.5) is 0 Å². The molecule has 1 aromatic carbocycles. The summed E-state index contributed by atoms with van der Waals surface area (Å²) in [6.07, 6.45) is 1.19. The number of benzene rings is 1. The fraction of sp³-hybridized carbons (Fsp3) is 0.667. The van der Waals surface area contributed by atoms with Gasteiger partial charge in [0.1, 0.15) is 0 Å². The molecule has 1 fully saturated rings. The van der Waals surface area contributed by atoms with Crippen molar-refractivity contribution in [1.29, 1.82) is 0 Å². The minimum Gasteiger partial charge on any atom is -0.304 e. The Hall–Kier alpha value is -0.860. The van der Waals surface area contributed by atoms with Gasteiger partial charge in [0.25, 0.3) is 0 Å². The van der Waals surface area contributed by atoms with Crippen molar-refractivity contribution < 1.29 is 0 Å². The highest BCUT2D eigenvalue weighted by atomic mass is 15.2. The van der Waals surface area contributed by atoms with E-state index in [4.69, 9.17) is 0 Å². The van der Waals surface area contributed by atoms with Crippen LogP contribution in [0.2, 0.25) is 0 Å². The van der Waals surface area contributed by atoms with Gasteiger partial charge in [-0.1, -0.05) is 57.5 Å². The Morgan fingerprint density at radius 2 is 1.55 bits per heavy atom. The molecule has 1 aliphatic heterocycles. The predicted octanol–water partition coefficient (Wildman–Crippen LogP) is 3.84. The standard InChI is InChI=1S/C14H22N2.2C2H6/c1-13-4-3-5-14(12-13)6-7-16-10-8-15(2)9-11-16;2*1-2/h3-5,12H,6-11H2,1-2H3;2*1-2H3. The minimum absolute atomic E-state index is 1.19. The van der Waals surface area contributed by atoms with E-state index in [0.717, 1.165) is 0 Å². The van der Waals surface area contributed by atoms with Crippen LogP contribution in [-0.4, -0.2) is 49.6 Å². The van der Waals surface area contributed by atoms with E-state index < -0.39 is 0 Å². The monoisotopic (exact) mass is 278 g/mol. The molecule has 1 aromatic rings. The van der Waals surface area contributed by atoms with E-state index in [9.17, 15) is 0 Å². The van der Waals surface area contributed by atoms with E-state index in [0.29, 0.717) is 0 Å². The van der Waals surface area contributed by atoms with E-state index in [-0.39, 0.29) is 0 Å². The third-order valence-electron chi connectivity index (χ3n) is 3.40. The average Bonchev–Trinajstić information content (AvgIpc) is 2.51. The van der Waals surface area contributed by atoms with Gasteiger partial charge in [0, 0.05) is 32.7 Å². The average molecular weight is 278 g/mol. The van der Waals surface area contributed by atoms with Crippen LogP contribution >= 0.6 is 0 Å². The summed E-state index contributed by atoms with van der Waals surface area (Å²) < 4.78 is 0. The van der Waals surface area contributed by atoms with Crippen molar-refractivity contribution in [3.8, 4) is 0 Å². The van der Waals surface area contributed by atoms with Gasteiger partial charge < -0.3 is 9.80 Å². The number of hydrogen-bond donors (Lipinski definition) is 0. The summed E-state index contributed by atoms with van der Waals surface area (Å²) in [6, 6.07) is 8.87. The van der Waals surface area contributed by atoms with Crippen molar-refractivity contribution in [3.05, 3.63) is 35.4 Å². The van der Waals surface area contributed by atoms with Crippen LogP contribution in [0.15, 0.2) is 24.3 Å². The molecule has 1 aliphatic rings. The summed E-state index contributed by atoms with van der Waals surface area (Å²) in [5.74, 6) is 0. The van der Waals surface area contributed by atoms with E-state index in [1.165, 1.54) is 50.3 Å². The Bertz CT molecular complexity index is 328. The third-order valence-corrected chi connectivity index (χ3v) is 3.40. The molecule has 0 N–H and O–H groups in total. The maximum atomic E-state index is 2.57. The molecule has 1 saturated heterocycles. The summed E-state index contributed by atoms with van der Waals surface area (Å²) in [7, 11) is 2.21. The van der Waals surface area contributed by atoms with Gasteiger partial charge in [-0.05, 0) is 26.0 Å². The predicted molar refractivity (Wildman–Crippen MR) is 91.5 cm³/mol. The Morgan fingerprint density at radius 3 is 2.10 bits per heavy atom. The highest BCUT2D eigenvalue weighted by molar-refractivity contribution is 5.22. The van der Waals surface area contributed by atoms with Gasteiger partial charge in [-0.15, -0.1) is 0 Å². The number of piperazine rings is 1. The van der Waals surface area contributed by atoms with E-state index in [2.05, 4.69) is 48.0 Å². The van der Waals surface area contributed by atoms with Crippen LogP contribution in [0.1, 0.15) is 38.8 Å². The van der Waals surface area contributed by atoms with Crippen molar-refractivity contribution in [2.24, 2.45) is 0 Å². The molecule has 116 valence electrons. The maximum Gasteiger partial charge on any atom is 0.0110 e. The van der Waals surface area contributed by atoms with Gasteiger partial charge in [0.2, 0.25) is 0 Å². The van der Waals surface area contributed by atoms with Crippen LogP contribution in [0.25, 0.3) is 0 Å². The number of likely N-dealkylation sites (N-methyl/N-ethyl adjacent to an activating group) is 1. The Morgan fingerprint density at radius 1 is 0.950 bits per heavy atom. The molecule has 0 spiro atoms. The molecule has 20 heavy (non-hydrogen) atoms. The van der Waals surface area contributed by atoms with Gasteiger partial charge in [0.15, 0.2) is 0 Å². The van der Waals surface area contributed by atoms with Crippen LogP contribution in [0.5, 0.6) is 0 Å². The van der Waals surface area contributed by atoms with Crippen LogP contribution in [-0.2, 0) is 6.42 Å². The third kappa shape index (κ3) is 7.66.